The number of rotatable bonds is 6. The summed E-state index contributed by atoms with van der Waals surface area (Å²) in [5.74, 6) is 1.07. The molecular weight excluding hydrogens is 198 g/mol. The zero-order valence-corrected chi connectivity index (χ0v) is 10.0. The maximum atomic E-state index is 5.33. The summed E-state index contributed by atoms with van der Waals surface area (Å²) in [5, 5.41) is 3.55. The summed E-state index contributed by atoms with van der Waals surface area (Å²) in [7, 11) is 0. The third-order valence-corrected chi connectivity index (χ3v) is 3.16. The van der Waals surface area contributed by atoms with Gasteiger partial charge in [0.15, 0.2) is 0 Å². The average Bonchev–Trinajstić information content (AvgIpc) is 2.90. The Labute approximate surface area is 97.7 Å². The van der Waals surface area contributed by atoms with E-state index in [1.807, 2.05) is 12.1 Å². The van der Waals surface area contributed by atoms with Crippen molar-refractivity contribution >= 4 is 0 Å². The Hall–Kier alpha value is -1.02. The summed E-state index contributed by atoms with van der Waals surface area (Å²) >= 11 is 0. The summed E-state index contributed by atoms with van der Waals surface area (Å²) in [6.45, 7) is 3.30. The topological polar surface area (TPSA) is 25.2 Å². The van der Waals surface area contributed by atoms with E-state index in [4.69, 9.17) is 4.42 Å². The summed E-state index contributed by atoms with van der Waals surface area (Å²) in [6, 6.07) is 4.48. The lowest BCUT2D eigenvalue weighted by atomic mass is 10.1. The van der Waals surface area contributed by atoms with E-state index >= 15 is 0 Å². The monoisotopic (exact) mass is 219 g/mol. The average molecular weight is 219 g/mol. The van der Waals surface area contributed by atoms with E-state index in [1.54, 1.807) is 11.8 Å². The number of hydrogen-bond acceptors (Lipinski definition) is 2. The maximum absolute atomic E-state index is 5.33. The van der Waals surface area contributed by atoms with Crippen molar-refractivity contribution in [3.05, 3.63) is 35.8 Å². The number of furan rings is 1. The normalized spacial score (nSPS) is 17.4. The molecule has 1 aromatic heterocycles. The second kappa shape index (κ2) is 5.90. The zero-order chi connectivity index (χ0) is 11.2. The molecule has 0 spiro atoms. The quantitative estimate of drug-likeness (QED) is 0.743. The fraction of sp³-hybridized carbons (Fsp3) is 0.571. The first-order valence-electron chi connectivity index (χ1n) is 6.28. The van der Waals surface area contributed by atoms with Crippen LogP contribution in [0.1, 0.15) is 38.4 Å². The van der Waals surface area contributed by atoms with Gasteiger partial charge in [-0.05, 0) is 51.3 Å². The van der Waals surface area contributed by atoms with Gasteiger partial charge < -0.3 is 9.73 Å². The van der Waals surface area contributed by atoms with Gasteiger partial charge in [-0.25, -0.2) is 0 Å². The van der Waals surface area contributed by atoms with E-state index in [9.17, 15) is 0 Å². The van der Waals surface area contributed by atoms with Crippen LogP contribution in [-0.2, 0) is 6.42 Å². The van der Waals surface area contributed by atoms with Crippen molar-refractivity contribution in [2.24, 2.45) is 0 Å². The molecule has 1 aromatic rings. The van der Waals surface area contributed by atoms with E-state index in [1.165, 1.54) is 25.7 Å². The summed E-state index contributed by atoms with van der Waals surface area (Å²) in [4.78, 5) is 0. The Morgan fingerprint density at radius 3 is 3.12 bits per heavy atom. The molecular formula is C14H21NO. The fourth-order valence-corrected chi connectivity index (χ4v) is 2.25. The van der Waals surface area contributed by atoms with Gasteiger partial charge in [0, 0.05) is 12.5 Å². The van der Waals surface area contributed by atoms with Crippen LogP contribution >= 0.6 is 0 Å². The van der Waals surface area contributed by atoms with Gasteiger partial charge in [-0.1, -0.05) is 11.6 Å². The van der Waals surface area contributed by atoms with E-state index in [0.717, 1.165) is 18.7 Å². The van der Waals surface area contributed by atoms with E-state index in [2.05, 4.69) is 18.3 Å². The van der Waals surface area contributed by atoms with Crippen LogP contribution in [0, 0.1) is 0 Å². The van der Waals surface area contributed by atoms with Gasteiger partial charge in [0.25, 0.3) is 0 Å². The number of hydrogen-bond donors (Lipinski definition) is 1. The standard InChI is InChI=1S/C14H21NO/c1-12(11-14-7-4-10-16-14)15-9-8-13-5-2-3-6-13/h4-5,7,10,12,15H,2-3,6,8-9,11H2,1H3. The summed E-state index contributed by atoms with van der Waals surface area (Å²) in [5.41, 5.74) is 1.64. The molecule has 2 heteroatoms. The van der Waals surface area contributed by atoms with Crippen molar-refractivity contribution in [2.45, 2.75) is 45.1 Å². The predicted molar refractivity (Wildman–Crippen MR) is 66.4 cm³/mol. The third kappa shape index (κ3) is 3.53. The lowest BCUT2D eigenvalue weighted by Gasteiger charge is -2.12. The molecule has 0 saturated heterocycles. The highest BCUT2D eigenvalue weighted by Gasteiger charge is 2.07. The first-order valence-corrected chi connectivity index (χ1v) is 6.28. The van der Waals surface area contributed by atoms with Crippen LogP contribution in [0.2, 0.25) is 0 Å². The van der Waals surface area contributed by atoms with Crippen LogP contribution in [0.4, 0.5) is 0 Å². The molecule has 0 amide bonds. The molecule has 1 N–H and O–H groups in total. The van der Waals surface area contributed by atoms with Crippen LogP contribution in [0.3, 0.4) is 0 Å². The SMILES string of the molecule is CC(Cc1ccco1)NCCC1=CCCC1. The molecule has 88 valence electrons. The molecule has 1 aliphatic carbocycles. The van der Waals surface area contributed by atoms with Crippen molar-refractivity contribution in [1.29, 1.82) is 0 Å². The van der Waals surface area contributed by atoms with Crippen LogP contribution in [0.25, 0.3) is 0 Å². The number of allylic oxidation sites excluding steroid dienone is 1. The lowest BCUT2D eigenvalue weighted by molar-refractivity contribution is 0.458. The van der Waals surface area contributed by atoms with Crippen molar-refractivity contribution in [1.82, 2.24) is 5.32 Å². The van der Waals surface area contributed by atoms with E-state index in [-0.39, 0.29) is 0 Å². The molecule has 2 rings (SSSR count). The molecule has 16 heavy (non-hydrogen) atoms. The summed E-state index contributed by atoms with van der Waals surface area (Å²) < 4.78 is 5.33. The summed E-state index contributed by atoms with van der Waals surface area (Å²) in [6.07, 6.45) is 10.3. The van der Waals surface area contributed by atoms with Crippen molar-refractivity contribution < 1.29 is 4.42 Å². The van der Waals surface area contributed by atoms with E-state index in [0.29, 0.717) is 6.04 Å². The molecule has 1 unspecified atom stereocenters. The fourth-order valence-electron chi connectivity index (χ4n) is 2.25. The van der Waals surface area contributed by atoms with Crippen LogP contribution in [0.5, 0.6) is 0 Å². The zero-order valence-electron chi connectivity index (χ0n) is 10.0. The Kier molecular flexibility index (Phi) is 4.23. The van der Waals surface area contributed by atoms with Crippen LogP contribution in [-0.4, -0.2) is 12.6 Å². The molecule has 1 aliphatic rings. The molecule has 1 heterocycles. The van der Waals surface area contributed by atoms with Crippen LogP contribution < -0.4 is 5.32 Å². The predicted octanol–water partition coefficient (Wildman–Crippen LogP) is 3.30. The lowest BCUT2D eigenvalue weighted by Crippen LogP contribution is -2.29. The largest absolute Gasteiger partial charge is 0.469 e. The minimum atomic E-state index is 0.494. The van der Waals surface area contributed by atoms with Gasteiger partial charge in [-0.2, -0.15) is 0 Å². The first kappa shape index (κ1) is 11.5. The Bertz CT molecular complexity index is 327. The van der Waals surface area contributed by atoms with Gasteiger partial charge in [-0.3, -0.25) is 0 Å². The van der Waals surface area contributed by atoms with Gasteiger partial charge in [0.2, 0.25) is 0 Å². The third-order valence-electron chi connectivity index (χ3n) is 3.16. The molecule has 2 nitrogen and oxygen atoms in total. The Morgan fingerprint density at radius 2 is 2.44 bits per heavy atom. The smallest absolute Gasteiger partial charge is 0.105 e. The van der Waals surface area contributed by atoms with Crippen molar-refractivity contribution in [3.63, 3.8) is 0 Å². The minimum absolute atomic E-state index is 0.494. The Balaban J connectivity index is 1.62. The first-order chi connectivity index (χ1) is 7.84. The van der Waals surface area contributed by atoms with E-state index < -0.39 is 0 Å². The highest BCUT2D eigenvalue weighted by molar-refractivity contribution is 5.07. The minimum Gasteiger partial charge on any atom is -0.469 e. The molecule has 0 aromatic carbocycles. The van der Waals surface area contributed by atoms with Gasteiger partial charge in [0.05, 0.1) is 6.26 Å². The van der Waals surface area contributed by atoms with Gasteiger partial charge in [-0.15, -0.1) is 0 Å². The van der Waals surface area contributed by atoms with Gasteiger partial charge in [0.1, 0.15) is 5.76 Å². The van der Waals surface area contributed by atoms with Crippen molar-refractivity contribution in [3.8, 4) is 0 Å². The molecule has 0 fully saturated rings. The molecule has 0 radical (unpaired) electrons. The Morgan fingerprint density at radius 1 is 1.50 bits per heavy atom. The molecule has 0 bridgehead atoms. The van der Waals surface area contributed by atoms with Crippen LogP contribution in [0.15, 0.2) is 34.5 Å². The maximum Gasteiger partial charge on any atom is 0.105 e. The molecule has 0 saturated carbocycles. The highest BCUT2D eigenvalue weighted by Crippen LogP contribution is 2.19. The van der Waals surface area contributed by atoms with Crippen molar-refractivity contribution in [2.75, 3.05) is 6.54 Å². The molecule has 0 aliphatic heterocycles. The molecule has 1 atom stereocenters. The van der Waals surface area contributed by atoms with Gasteiger partial charge >= 0.3 is 0 Å². The highest BCUT2D eigenvalue weighted by atomic mass is 16.3. The second-order valence-corrected chi connectivity index (χ2v) is 4.64. The number of nitrogens with one attached hydrogen (secondary N) is 1. The second-order valence-electron chi connectivity index (χ2n) is 4.64.